The van der Waals surface area contributed by atoms with E-state index < -0.39 is 143 Å². The maximum atomic E-state index is 15.6. The molecule has 0 spiro atoms. The number of nitrogens with one attached hydrogen (secondary N) is 1. The van der Waals surface area contributed by atoms with Crippen LogP contribution in [0.2, 0.25) is 40.2 Å². The number of amides is 10. The normalized spacial score (nSPS) is 11.0. The third-order valence-electron chi connectivity index (χ3n) is 17.7. The van der Waals surface area contributed by atoms with Crippen molar-refractivity contribution in [1.82, 2.24) is 49.4 Å². The number of hydrogen-bond donors (Lipinski definition) is 8. The molecule has 4 aromatic rings. The summed E-state index contributed by atoms with van der Waals surface area (Å²) in [6.45, 7) is -6.46. The standard InChI is InChI=1S/C74H101Cl8N15O14/c75-55-13-9-51(59(79)37-55)17-31-93(68(103)45-91(30-8-4-26-86)66(101)44-90(29-7-3-25-85)65(100)43-89(28-6-2-24-84)64(99)41-88-27-5-1-23-83)47-69(104)94(32-18-52-10-14-56(76)38-60(52)80)48-70(105)95(33-19-53-11-15-57(77)39-61(53)81)49-71(106)96(34-20-54-12-16-58(78)40-62(54)82)50-72(107)97(36-22-74(110)111)46-67(102)92(42-63(87)98)35-21-73(108)109/h9-16,37-40,88H,1-8,17-36,41-50,83-86H2,(H2,87,98)(H,108,109)(H,110,111). The molecule has 0 saturated heterocycles. The highest BCUT2D eigenvalue weighted by molar-refractivity contribution is 6.36. The summed E-state index contributed by atoms with van der Waals surface area (Å²) in [4.78, 5) is 179. The lowest BCUT2D eigenvalue weighted by Gasteiger charge is -2.33. The molecule has 0 atom stereocenters. The Bertz CT molecular complexity index is 3780. The van der Waals surface area contributed by atoms with E-state index in [0.29, 0.717) is 90.5 Å². The van der Waals surface area contributed by atoms with E-state index in [2.05, 4.69) is 5.32 Å². The van der Waals surface area contributed by atoms with Gasteiger partial charge in [-0.05, 0) is 181 Å². The summed E-state index contributed by atoms with van der Waals surface area (Å²) in [5.41, 5.74) is 30.6. The Labute approximate surface area is 687 Å². The smallest absolute Gasteiger partial charge is 0.305 e. The Hall–Kier alpha value is -7.36. The van der Waals surface area contributed by atoms with Gasteiger partial charge in [0.1, 0.15) is 0 Å². The van der Waals surface area contributed by atoms with Crippen molar-refractivity contribution in [2.75, 3.05) is 157 Å². The highest BCUT2D eigenvalue weighted by atomic mass is 35.5. The van der Waals surface area contributed by atoms with Crippen LogP contribution in [0.3, 0.4) is 0 Å². The van der Waals surface area contributed by atoms with Gasteiger partial charge < -0.3 is 88.3 Å². The molecule has 0 saturated carbocycles. The molecular formula is C74H101Cl8N15O14. The van der Waals surface area contributed by atoms with Gasteiger partial charge in [0.25, 0.3) is 0 Å². The lowest BCUT2D eigenvalue weighted by atomic mass is 10.1. The van der Waals surface area contributed by atoms with Crippen LogP contribution in [0.25, 0.3) is 0 Å². The number of carbonyl (C=O) groups is 12. The molecule has 0 heterocycles. The zero-order valence-electron chi connectivity index (χ0n) is 62.0. The largest absolute Gasteiger partial charge is 0.481 e. The van der Waals surface area contributed by atoms with Crippen LogP contribution in [0, 0.1) is 0 Å². The van der Waals surface area contributed by atoms with E-state index in [9.17, 15) is 48.6 Å². The van der Waals surface area contributed by atoms with Crippen molar-refractivity contribution in [3.05, 3.63) is 135 Å². The third kappa shape index (κ3) is 36.6. The van der Waals surface area contributed by atoms with Crippen LogP contribution in [0.4, 0.5) is 0 Å². The second-order valence-corrected chi connectivity index (χ2v) is 29.6. The van der Waals surface area contributed by atoms with Crippen molar-refractivity contribution < 1.29 is 67.7 Å². The van der Waals surface area contributed by atoms with Crippen molar-refractivity contribution in [3.63, 3.8) is 0 Å². The average molecular weight is 1710 g/mol. The fourth-order valence-electron chi connectivity index (χ4n) is 11.3. The quantitative estimate of drug-likeness (QED) is 0.0249. The van der Waals surface area contributed by atoms with Crippen molar-refractivity contribution in [2.24, 2.45) is 28.7 Å². The van der Waals surface area contributed by atoms with E-state index in [1.54, 1.807) is 42.5 Å². The van der Waals surface area contributed by atoms with Gasteiger partial charge in [0.15, 0.2) is 0 Å². The van der Waals surface area contributed by atoms with Crippen molar-refractivity contribution in [1.29, 1.82) is 0 Å². The zero-order chi connectivity index (χ0) is 82.1. The molecule has 0 aromatic heterocycles. The van der Waals surface area contributed by atoms with Crippen LogP contribution in [0.1, 0.15) is 86.5 Å². The second-order valence-electron chi connectivity index (χ2n) is 26.2. The average Bonchev–Trinajstić information content (AvgIpc) is 0.846. The Kier molecular flexibility index (Phi) is 45.1. The third-order valence-corrected chi connectivity index (χ3v) is 20.1. The van der Waals surface area contributed by atoms with Crippen molar-refractivity contribution in [3.8, 4) is 0 Å². The van der Waals surface area contributed by atoms with Crippen LogP contribution in [0.5, 0.6) is 0 Å². The number of primary amides is 1. The van der Waals surface area contributed by atoms with E-state index in [1.807, 2.05) is 0 Å². The molecule has 37 heteroatoms. The number of halogens is 8. The summed E-state index contributed by atoms with van der Waals surface area (Å²) in [6.07, 6.45) is 2.80. The van der Waals surface area contributed by atoms with Gasteiger partial charge in [-0.15, -0.1) is 0 Å². The fraction of sp³-hybridized carbons (Fsp3) is 0.514. The zero-order valence-corrected chi connectivity index (χ0v) is 68.1. The van der Waals surface area contributed by atoms with Gasteiger partial charge in [-0.25, -0.2) is 0 Å². The molecular weight excluding hydrogens is 1610 g/mol. The highest BCUT2D eigenvalue weighted by Crippen LogP contribution is 2.26. The van der Waals surface area contributed by atoms with E-state index >= 15 is 19.2 Å². The summed E-state index contributed by atoms with van der Waals surface area (Å²) in [7, 11) is 0. The van der Waals surface area contributed by atoms with Crippen molar-refractivity contribution >= 4 is 164 Å². The number of aliphatic carboxylic acids is 2. The molecule has 10 amide bonds. The van der Waals surface area contributed by atoms with Gasteiger partial charge in [0.05, 0.1) is 78.3 Å². The summed E-state index contributed by atoms with van der Waals surface area (Å²) in [6, 6.07) is 18.6. The predicted octanol–water partition coefficient (Wildman–Crippen LogP) is 5.62. The molecule has 4 aromatic carbocycles. The molecule has 0 aliphatic carbocycles. The van der Waals surface area contributed by atoms with Gasteiger partial charge in [-0.1, -0.05) is 117 Å². The SMILES string of the molecule is NCCCCNCC(=O)N(CCCCN)CC(=O)N(CCCCN)CC(=O)N(CCCCN)CC(=O)N(CCc1ccc(Cl)cc1Cl)CC(=O)N(CCc1ccc(Cl)cc1Cl)CC(=O)N(CCc1ccc(Cl)cc1Cl)CC(=O)N(CCc1ccc(Cl)cc1Cl)CC(=O)N(CCC(=O)O)CC(=O)N(CCC(=O)O)CC(N)=O. The lowest BCUT2D eigenvalue weighted by molar-refractivity contribution is -0.149. The number of carboxylic acid groups (broad SMARTS) is 2. The monoisotopic (exact) mass is 1700 g/mol. The first kappa shape index (κ1) is 96.0. The molecule has 0 fully saturated rings. The molecule has 612 valence electrons. The number of rotatable bonds is 54. The summed E-state index contributed by atoms with van der Waals surface area (Å²) in [5, 5.41) is 24.3. The van der Waals surface area contributed by atoms with E-state index in [4.69, 9.17) is 121 Å². The molecule has 13 N–H and O–H groups in total. The predicted molar refractivity (Wildman–Crippen MR) is 430 cm³/mol. The molecule has 4 rings (SSSR count). The maximum absolute atomic E-state index is 15.6. The number of carboxylic acids is 2. The van der Waals surface area contributed by atoms with Gasteiger partial charge >= 0.3 is 11.9 Å². The van der Waals surface area contributed by atoms with Gasteiger partial charge in [-0.2, -0.15) is 0 Å². The molecule has 0 unspecified atom stereocenters. The van der Waals surface area contributed by atoms with Gasteiger partial charge in [0, 0.05) is 99.1 Å². The van der Waals surface area contributed by atoms with Crippen LogP contribution < -0.4 is 34.0 Å². The Morgan fingerprint density at radius 2 is 0.523 bits per heavy atom. The number of hydrogen-bond acceptors (Lipinski definition) is 17. The Morgan fingerprint density at radius 3 is 0.757 bits per heavy atom. The van der Waals surface area contributed by atoms with Gasteiger partial charge in [0.2, 0.25) is 59.1 Å². The number of nitrogens with two attached hydrogens (primary N) is 5. The lowest BCUT2D eigenvalue weighted by Crippen LogP contribution is -2.53. The summed E-state index contributed by atoms with van der Waals surface area (Å²) in [5.74, 6) is -10.5. The molecule has 0 bridgehead atoms. The minimum absolute atomic E-state index is 0.0117. The Morgan fingerprint density at radius 1 is 0.297 bits per heavy atom. The highest BCUT2D eigenvalue weighted by Gasteiger charge is 2.33. The first-order chi connectivity index (χ1) is 52.9. The molecule has 0 aliphatic heterocycles. The Balaban J connectivity index is 1.85. The number of unbranched alkanes of at least 4 members (excludes halogenated alkanes) is 4. The molecule has 29 nitrogen and oxygen atoms in total. The van der Waals surface area contributed by atoms with E-state index in [-0.39, 0.29) is 134 Å². The minimum Gasteiger partial charge on any atom is -0.481 e. The molecule has 0 radical (unpaired) electrons. The first-order valence-electron chi connectivity index (χ1n) is 36.4. The number of carbonyl (C=O) groups excluding carboxylic acids is 10. The molecule has 0 aliphatic rings. The van der Waals surface area contributed by atoms with Crippen LogP contribution in [-0.4, -0.2) is 282 Å². The fourth-order valence-corrected chi connectivity index (χ4v) is 13.4. The van der Waals surface area contributed by atoms with E-state index in [0.717, 1.165) is 37.3 Å². The number of benzene rings is 4. The van der Waals surface area contributed by atoms with Crippen LogP contribution in [0.15, 0.2) is 72.8 Å². The topological polar surface area (TPSA) is 417 Å². The number of nitrogens with zero attached hydrogens (tertiary/aromatic N) is 9. The molecule has 111 heavy (non-hydrogen) atoms. The summed E-state index contributed by atoms with van der Waals surface area (Å²) >= 11 is 52.0. The van der Waals surface area contributed by atoms with E-state index in [1.165, 1.54) is 49.9 Å². The van der Waals surface area contributed by atoms with Crippen LogP contribution in [-0.2, 0) is 83.2 Å². The minimum atomic E-state index is -1.38. The summed E-state index contributed by atoms with van der Waals surface area (Å²) < 4.78 is 0. The second kappa shape index (κ2) is 52.1. The van der Waals surface area contributed by atoms with Gasteiger partial charge in [-0.3, -0.25) is 57.5 Å². The maximum Gasteiger partial charge on any atom is 0.305 e. The van der Waals surface area contributed by atoms with Crippen LogP contribution >= 0.6 is 92.8 Å². The first-order valence-corrected chi connectivity index (χ1v) is 39.4. The van der Waals surface area contributed by atoms with Crippen molar-refractivity contribution in [2.45, 2.75) is 89.9 Å².